The molecule has 2 heterocycles. The lowest BCUT2D eigenvalue weighted by atomic mass is 10.0. The molecule has 0 unspecified atom stereocenters. The molecule has 0 bridgehead atoms. The Labute approximate surface area is 250 Å². The molecule has 0 saturated carbocycles. The van der Waals surface area contributed by atoms with Crippen molar-refractivity contribution in [3.8, 4) is 11.3 Å². The lowest BCUT2D eigenvalue weighted by molar-refractivity contribution is 0.0476. The second-order valence-corrected chi connectivity index (χ2v) is 10.6. The van der Waals surface area contributed by atoms with E-state index in [1.807, 2.05) is 19.1 Å². The van der Waals surface area contributed by atoms with Gasteiger partial charge in [0.05, 0.1) is 38.6 Å². The SMILES string of the molecule is Cc1ccc2nc(-c3ccc(N4C(=O)c5ccccc5C4=O)cc3)cc(C(=O)OCC(=O)c3ccc(Cl)cc3Cl)c2c1. The molecule has 9 heteroatoms. The minimum atomic E-state index is -0.699. The Kier molecular flexibility index (Phi) is 7.06. The molecule has 206 valence electrons. The average Bonchev–Trinajstić information content (AvgIpc) is 3.24. The van der Waals surface area contributed by atoms with E-state index >= 15 is 0 Å². The Balaban J connectivity index is 1.30. The summed E-state index contributed by atoms with van der Waals surface area (Å²) in [6.45, 7) is 1.38. The molecule has 1 aliphatic heterocycles. The molecule has 2 amide bonds. The number of pyridine rings is 1. The number of aromatic nitrogens is 1. The first kappa shape index (κ1) is 27.3. The van der Waals surface area contributed by atoms with Gasteiger partial charge in [0.25, 0.3) is 11.8 Å². The first-order valence-electron chi connectivity index (χ1n) is 12.9. The van der Waals surface area contributed by atoms with Crippen LogP contribution in [0.3, 0.4) is 0 Å². The second-order valence-electron chi connectivity index (χ2n) is 9.74. The van der Waals surface area contributed by atoms with Gasteiger partial charge in [0.15, 0.2) is 6.61 Å². The van der Waals surface area contributed by atoms with Gasteiger partial charge < -0.3 is 4.74 Å². The van der Waals surface area contributed by atoms with Crippen LogP contribution in [0.4, 0.5) is 5.69 Å². The van der Waals surface area contributed by atoms with Gasteiger partial charge in [-0.3, -0.25) is 14.4 Å². The van der Waals surface area contributed by atoms with Crippen molar-refractivity contribution in [2.24, 2.45) is 0 Å². The minimum absolute atomic E-state index is 0.167. The summed E-state index contributed by atoms with van der Waals surface area (Å²) < 4.78 is 5.42. The average molecular weight is 595 g/mol. The number of Topliss-reactive ketones (excluding diaryl/α,β-unsaturated/α-hetero) is 1. The fraction of sp³-hybridized carbons (Fsp3) is 0.0606. The van der Waals surface area contributed by atoms with E-state index in [9.17, 15) is 19.2 Å². The Bertz CT molecular complexity index is 1920. The Morgan fingerprint density at radius 2 is 1.50 bits per heavy atom. The molecule has 5 aromatic rings. The van der Waals surface area contributed by atoms with Crippen LogP contribution in [-0.4, -0.2) is 35.2 Å². The number of aryl methyl sites for hydroxylation is 1. The van der Waals surface area contributed by atoms with Crippen molar-refractivity contribution >= 4 is 63.4 Å². The summed E-state index contributed by atoms with van der Waals surface area (Å²) in [5.74, 6) is -1.94. The standard InChI is InChI=1S/C33H20Cl2N2O5/c1-18-6-13-28-25(14-18)26(33(41)42-17-30(38)24-12-9-20(34)15-27(24)35)16-29(36-28)19-7-10-21(11-8-19)37-31(39)22-4-2-3-5-23(22)32(37)40/h2-16H,17H2,1H3. The Morgan fingerprint density at radius 1 is 0.810 bits per heavy atom. The summed E-state index contributed by atoms with van der Waals surface area (Å²) in [6.07, 6.45) is 0. The van der Waals surface area contributed by atoms with Gasteiger partial charge in [-0.1, -0.05) is 59.1 Å². The molecular weight excluding hydrogens is 575 g/mol. The van der Waals surface area contributed by atoms with Gasteiger partial charge in [-0.15, -0.1) is 0 Å². The summed E-state index contributed by atoms with van der Waals surface area (Å²) in [7, 11) is 0. The third-order valence-corrected chi connectivity index (χ3v) is 7.51. The number of fused-ring (bicyclic) bond motifs is 2. The molecule has 1 aromatic heterocycles. The zero-order chi connectivity index (χ0) is 29.5. The van der Waals surface area contributed by atoms with E-state index in [-0.39, 0.29) is 28.0 Å². The number of carbonyl (C=O) groups excluding carboxylic acids is 4. The van der Waals surface area contributed by atoms with Crippen molar-refractivity contribution in [2.45, 2.75) is 6.92 Å². The van der Waals surface area contributed by atoms with Crippen LogP contribution in [0.1, 0.15) is 47.0 Å². The highest BCUT2D eigenvalue weighted by molar-refractivity contribution is 6.37. The first-order chi connectivity index (χ1) is 20.2. The predicted octanol–water partition coefficient (Wildman–Crippen LogP) is 7.36. The molecule has 0 saturated heterocycles. The number of carbonyl (C=O) groups is 4. The summed E-state index contributed by atoms with van der Waals surface area (Å²) >= 11 is 12.1. The molecule has 0 N–H and O–H groups in total. The molecule has 1 aliphatic rings. The molecular formula is C33H20Cl2N2O5. The van der Waals surface area contributed by atoms with Gasteiger partial charge in [-0.25, -0.2) is 14.7 Å². The lowest BCUT2D eigenvalue weighted by Crippen LogP contribution is -2.29. The smallest absolute Gasteiger partial charge is 0.339 e. The van der Waals surface area contributed by atoms with E-state index in [2.05, 4.69) is 0 Å². The number of imide groups is 1. The van der Waals surface area contributed by atoms with Gasteiger partial charge >= 0.3 is 5.97 Å². The van der Waals surface area contributed by atoms with E-state index in [1.165, 1.54) is 18.2 Å². The summed E-state index contributed by atoms with van der Waals surface area (Å²) in [5, 5.41) is 1.13. The quantitative estimate of drug-likeness (QED) is 0.116. The van der Waals surface area contributed by atoms with Crippen molar-refractivity contribution < 1.29 is 23.9 Å². The number of hydrogen-bond acceptors (Lipinski definition) is 6. The van der Waals surface area contributed by atoms with Crippen LogP contribution in [0, 0.1) is 6.92 Å². The Hall–Kier alpha value is -4.85. The van der Waals surface area contributed by atoms with Gasteiger partial charge in [0, 0.05) is 21.5 Å². The van der Waals surface area contributed by atoms with Crippen LogP contribution in [-0.2, 0) is 4.74 Å². The number of ketones is 1. The van der Waals surface area contributed by atoms with Crippen molar-refractivity contribution in [1.82, 2.24) is 4.98 Å². The number of anilines is 1. The topological polar surface area (TPSA) is 93.6 Å². The van der Waals surface area contributed by atoms with Crippen LogP contribution < -0.4 is 4.90 Å². The van der Waals surface area contributed by atoms with Crippen molar-refractivity contribution in [3.05, 3.63) is 129 Å². The Morgan fingerprint density at radius 3 is 2.17 bits per heavy atom. The predicted molar refractivity (Wildman–Crippen MR) is 161 cm³/mol. The summed E-state index contributed by atoms with van der Waals surface area (Å²) in [5.41, 5.74) is 4.16. The summed E-state index contributed by atoms with van der Waals surface area (Å²) in [4.78, 5) is 57.7. The maximum absolute atomic E-state index is 13.3. The molecule has 0 atom stereocenters. The van der Waals surface area contributed by atoms with Crippen LogP contribution in [0.2, 0.25) is 10.0 Å². The van der Waals surface area contributed by atoms with Gasteiger partial charge in [-0.05, 0) is 67.6 Å². The number of amides is 2. The molecule has 42 heavy (non-hydrogen) atoms. The number of nitrogens with zero attached hydrogens (tertiary/aromatic N) is 2. The van der Waals surface area contributed by atoms with Crippen LogP contribution in [0.25, 0.3) is 22.2 Å². The third kappa shape index (κ3) is 4.93. The van der Waals surface area contributed by atoms with E-state index in [4.69, 9.17) is 32.9 Å². The zero-order valence-electron chi connectivity index (χ0n) is 22.1. The van der Waals surface area contributed by atoms with Gasteiger partial charge in [-0.2, -0.15) is 0 Å². The van der Waals surface area contributed by atoms with Gasteiger partial charge in [0.1, 0.15) is 0 Å². The maximum Gasteiger partial charge on any atom is 0.339 e. The number of ether oxygens (including phenoxy) is 1. The molecule has 7 nitrogen and oxygen atoms in total. The molecule has 4 aromatic carbocycles. The highest BCUT2D eigenvalue weighted by Crippen LogP contribution is 2.31. The van der Waals surface area contributed by atoms with Crippen molar-refractivity contribution in [2.75, 3.05) is 11.5 Å². The van der Waals surface area contributed by atoms with E-state index in [1.54, 1.807) is 60.7 Å². The van der Waals surface area contributed by atoms with Gasteiger partial charge in [0.2, 0.25) is 5.78 Å². The number of esters is 1. The summed E-state index contributed by atoms with van der Waals surface area (Å²) in [6, 6.07) is 25.0. The number of benzene rings is 4. The minimum Gasteiger partial charge on any atom is -0.454 e. The van der Waals surface area contributed by atoms with Crippen molar-refractivity contribution in [3.63, 3.8) is 0 Å². The fourth-order valence-electron chi connectivity index (χ4n) is 4.86. The molecule has 6 rings (SSSR count). The van der Waals surface area contributed by atoms with E-state index in [0.29, 0.717) is 44.0 Å². The van der Waals surface area contributed by atoms with Crippen molar-refractivity contribution in [1.29, 1.82) is 0 Å². The zero-order valence-corrected chi connectivity index (χ0v) is 23.6. The maximum atomic E-state index is 13.3. The highest BCUT2D eigenvalue weighted by atomic mass is 35.5. The number of rotatable bonds is 6. The molecule has 0 radical (unpaired) electrons. The highest BCUT2D eigenvalue weighted by Gasteiger charge is 2.36. The number of hydrogen-bond donors (Lipinski definition) is 0. The normalized spacial score (nSPS) is 12.5. The molecule has 0 aliphatic carbocycles. The molecule has 0 spiro atoms. The second kappa shape index (κ2) is 10.9. The lowest BCUT2D eigenvalue weighted by Gasteiger charge is -2.15. The molecule has 0 fully saturated rings. The van der Waals surface area contributed by atoms with E-state index < -0.39 is 18.4 Å². The largest absolute Gasteiger partial charge is 0.454 e. The van der Waals surface area contributed by atoms with Crippen LogP contribution >= 0.6 is 23.2 Å². The first-order valence-corrected chi connectivity index (χ1v) is 13.6. The number of halogens is 2. The fourth-order valence-corrected chi connectivity index (χ4v) is 5.38. The monoisotopic (exact) mass is 594 g/mol. The van der Waals surface area contributed by atoms with Crippen LogP contribution in [0.5, 0.6) is 0 Å². The third-order valence-electron chi connectivity index (χ3n) is 6.97. The van der Waals surface area contributed by atoms with E-state index in [0.717, 1.165) is 10.5 Å². The van der Waals surface area contributed by atoms with Crippen LogP contribution in [0.15, 0.2) is 91.0 Å².